The van der Waals surface area contributed by atoms with Crippen LogP contribution < -0.4 is 27.8 Å². The Morgan fingerprint density at radius 3 is 2.32 bits per heavy atom. The second-order valence-electron chi connectivity index (χ2n) is 11.0. The number of hydrogen-bond acceptors (Lipinski definition) is 7. The van der Waals surface area contributed by atoms with E-state index in [4.69, 9.17) is 11.5 Å². The van der Waals surface area contributed by atoms with Crippen LogP contribution in [-0.4, -0.2) is 75.1 Å². The van der Waals surface area contributed by atoms with Crippen molar-refractivity contribution < 1.29 is 9.59 Å². The average Bonchev–Trinajstić information content (AvgIpc) is 2.88. The molecule has 2 aliphatic rings. The van der Waals surface area contributed by atoms with E-state index < -0.39 is 11.2 Å². The number of rotatable bonds is 6. The summed E-state index contributed by atoms with van der Waals surface area (Å²) >= 11 is 0. The molecule has 1 saturated heterocycles. The molecule has 38 heavy (non-hydrogen) atoms. The zero-order valence-electron chi connectivity index (χ0n) is 22.6. The van der Waals surface area contributed by atoms with Crippen LogP contribution in [0.3, 0.4) is 0 Å². The number of nitrogens with two attached hydrogens (primary N) is 2. The summed E-state index contributed by atoms with van der Waals surface area (Å²) in [5, 5.41) is 6.33. The first-order chi connectivity index (χ1) is 18.0. The predicted octanol–water partition coefficient (Wildman–Crippen LogP) is 1.31. The molecule has 1 aliphatic carbocycles. The van der Waals surface area contributed by atoms with E-state index in [0.29, 0.717) is 44.0 Å². The maximum absolute atomic E-state index is 12.8. The molecule has 0 atom stereocenters. The summed E-state index contributed by atoms with van der Waals surface area (Å²) in [7, 11) is 0. The van der Waals surface area contributed by atoms with Crippen molar-refractivity contribution in [3.63, 3.8) is 0 Å². The highest BCUT2D eigenvalue weighted by molar-refractivity contribution is 5.89. The largest absolute Gasteiger partial charge is 0.354 e. The van der Waals surface area contributed by atoms with Crippen LogP contribution in [0.1, 0.15) is 50.7 Å². The number of hydrogen-bond donors (Lipinski definition) is 4. The third-order valence-corrected chi connectivity index (χ3v) is 7.40. The lowest BCUT2D eigenvalue weighted by molar-refractivity contribution is -0.137. The van der Waals surface area contributed by atoms with E-state index in [1.54, 1.807) is 35.9 Å². The summed E-state index contributed by atoms with van der Waals surface area (Å²) < 4.78 is 1.46. The highest BCUT2D eigenvalue weighted by atomic mass is 16.2. The molecule has 0 radical (unpaired) electrons. The number of carbonyl (C=O) groups excluding carboxylic acids is 2. The van der Waals surface area contributed by atoms with Gasteiger partial charge >= 0.3 is 11.7 Å². The average molecular weight is 525 g/mol. The van der Waals surface area contributed by atoms with Gasteiger partial charge in [0.15, 0.2) is 0 Å². The van der Waals surface area contributed by atoms with Gasteiger partial charge in [-0.25, -0.2) is 9.59 Å². The maximum atomic E-state index is 12.8. The van der Waals surface area contributed by atoms with Crippen LogP contribution >= 0.6 is 0 Å². The van der Waals surface area contributed by atoms with Crippen molar-refractivity contribution in [2.24, 2.45) is 11.5 Å². The molecule has 6 N–H and O–H groups in total. The van der Waals surface area contributed by atoms with Gasteiger partial charge in [0.2, 0.25) is 5.91 Å². The van der Waals surface area contributed by atoms with Crippen LogP contribution in [0, 0.1) is 6.92 Å². The molecule has 2 fully saturated rings. The lowest BCUT2D eigenvalue weighted by Crippen LogP contribution is -2.58. The number of aromatic nitrogens is 2. The maximum Gasteiger partial charge on any atom is 0.354 e. The summed E-state index contributed by atoms with van der Waals surface area (Å²) in [5.41, 5.74) is 13.5. The number of carbonyl (C=O) groups is 2. The van der Waals surface area contributed by atoms with Crippen molar-refractivity contribution in [2.45, 2.75) is 70.6 Å². The Labute approximate surface area is 223 Å². The molecule has 3 amide bonds. The fourth-order valence-electron chi connectivity index (χ4n) is 4.98. The highest BCUT2D eigenvalue weighted by Gasteiger charge is 2.31. The summed E-state index contributed by atoms with van der Waals surface area (Å²) in [5.74, 6) is 0.0411. The lowest BCUT2D eigenvalue weighted by Gasteiger charge is -2.37. The standard InChI is InChI=1S/C27H40N8O3/c1-18-16-22(9-4-19(18)17-30-21-7-5-20(28)6-8-21)35-11-10-23(32-26(35)38)31-25(37)34-14-12-33(13-15-34)24(36)27(2,3)29/h4,9-11,16,20-21,30H,5-8,12-15,17,28-29H2,1-3H3,(H,31,32,37,38). The lowest BCUT2D eigenvalue weighted by atomic mass is 9.91. The van der Waals surface area contributed by atoms with Crippen molar-refractivity contribution in [3.8, 4) is 5.69 Å². The molecule has 4 rings (SSSR count). The quantitative estimate of drug-likeness (QED) is 0.445. The second-order valence-corrected chi connectivity index (χ2v) is 11.0. The molecule has 11 nitrogen and oxygen atoms in total. The highest BCUT2D eigenvalue weighted by Crippen LogP contribution is 2.19. The number of urea groups is 1. The van der Waals surface area contributed by atoms with Gasteiger partial charge in [0.05, 0.1) is 11.2 Å². The van der Waals surface area contributed by atoms with Crippen LogP contribution in [0.25, 0.3) is 5.69 Å². The second kappa shape index (κ2) is 11.6. The van der Waals surface area contributed by atoms with E-state index in [0.717, 1.165) is 37.8 Å². The van der Waals surface area contributed by atoms with Crippen LogP contribution in [-0.2, 0) is 11.3 Å². The fourth-order valence-corrected chi connectivity index (χ4v) is 4.98. The number of amides is 3. The Kier molecular flexibility index (Phi) is 8.49. The van der Waals surface area contributed by atoms with E-state index in [1.165, 1.54) is 10.1 Å². The monoisotopic (exact) mass is 524 g/mol. The van der Waals surface area contributed by atoms with Gasteiger partial charge in [-0.15, -0.1) is 0 Å². The Balaban J connectivity index is 1.33. The van der Waals surface area contributed by atoms with Gasteiger partial charge in [-0.3, -0.25) is 14.7 Å². The molecule has 11 heteroatoms. The third-order valence-electron chi connectivity index (χ3n) is 7.40. The van der Waals surface area contributed by atoms with E-state index in [1.807, 2.05) is 25.1 Å². The van der Waals surface area contributed by atoms with Crippen LogP contribution in [0.4, 0.5) is 10.6 Å². The normalized spacial score (nSPS) is 20.3. The van der Waals surface area contributed by atoms with Crippen LogP contribution in [0.5, 0.6) is 0 Å². The first-order valence-corrected chi connectivity index (χ1v) is 13.3. The minimum Gasteiger partial charge on any atom is -0.338 e. The Morgan fingerprint density at radius 2 is 1.71 bits per heavy atom. The summed E-state index contributed by atoms with van der Waals surface area (Å²) in [6, 6.07) is 7.98. The number of benzene rings is 1. The van der Waals surface area contributed by atoms with Crippen molar-refractivity contribution in [1.82, 2.24) is 24.7 Å². The number of nitrogens with zero attached hydrogens (tertiary/aromatic N) is 4. The molecule has 1 aromatic heterocycles. The van der Waals surface area contributed by atoms with Gasteiger partial charge in [-0.1, -0.05) is 6.07 Å². The number of anilines is 1. The Morgan fingerprint density at radius 1 is 1.05 bits per heavy atom. The third kappa shape index (κ3) is 6.77. The smallest absolute Gasteiger partial charge is 0.338 e. The van der Waals surface area contributed by atoms with Gasteiger partial charge in [0, 0.05) is 51.0 Å². The zero-order valence-corrected chi connectivity index (χ0v) is 22.6. The minimum absolute atomic E-state index is 0.142. The van der Waals surface area contributed by atoms with Gasteiger partial charge in [-0.2, -0.15) is 4.98 Å². The predicted molar refractivity (Wildman–Crippen MR) is 147 cm³/mol. The first-order valence-electron chi connectivity index (χ1n) is 13.3. The SMILES string of the molecule is Cc1cc(-n2ccc(NC(=O)N3CCN(C(=O)C(C)(C)N)CC3)nc2=O)ccc1CNC1CCC(N)CC1. The van der Waals surface area contributed by atoms with Crippen molar-refractivity contribution in [1.29, 1.82) is 0 Å². The summed E-state index contributed by atoms with van der Waals surface area (Å²) in [6.45, 7) is 7.71. The minimum atomic E-state index is -0.946. The molecule has 0 unspecified atom stereocenters. The number of piperazine rings is 1. The summed E-state index contributed by atoms with van der Waals surface area (Å²) in [4.78, 5) is 45.2. The molecular weight excluding hydrogens is 484 g/mol. The molecule has 2 heterocycles. The van der Waals surface area contributed by atoms with E-state index in [-0.39, 0.29) is 17.8 Å². The van der Waals surface area contributed by atoms with Crippen molar-refractivity contribution in [3.05, 3.63) is 52.1 Å². The van der Waals surface area contributed by atoms with Crippen molar-refractivity contribution in [2.75, 3.05) is 31.5 Å². The molecule has 1 aliphatic heterocycles. The molecule has 1 aromatic carbocycles. The van der Waals surface area contributed by atoms with Gasteiger partial charge in [-0.05, 0) is 75.8 Å². The van der Waals surface area contributed by atoms with Crippen LogP contribution in [0.2, 0.25) is 0 Å². The molecule has 1 saturated carbocycles. The number of aryl methyl sites for hydroxylation is 1. The van der Waals surface area contributed by atoms with E-state index in [2.05, 4.69) is 15.6 Å². The Bertz CT molecular complexity index is 1210. The molecule has 2 aromatic rings. The van der Waals surface area contributed by atoms with Crippen molar-refractivity contribution >= 4 is 17.8 Å². The van der Waals surface area contributed by atoms with Gasteiger partial charge < -0.3 is 26.6 Å². The Hall–Kier alpha value is -3.28. The molecular formula is C27H40N8O3. The number of nitrogens with one attached hydrogen (secondary N) is 2. The zero-order chi connectivity index (χ0) is 27.4. The topological polar surface area (TPSA) is 152 Å². The summed E-state index contributed by atoms with van der Waals surface area (Å²) in [6.07, 6.45) is 5.94. The van der Waals surface area contributed by atoms with E-state index >= 15 is 0 Å². The molecule has 0 spiro atoms. The van der Waals surface area contributed by atoms with Crippen LogP contribution in [0.15, 0.2) is 35.3 Å². The van der Waals surface area contributed by atoms with E-state index in [9.17, 15) is 14.4 Å². The molecule has 0 bridgehead atoms. The first kappa shape index (κ1) is 27.7. The fraction of sp³-hybridized carbons (Fsp3) is 0.556. The van der Waals surface area contributed by atoms with Gasteiger partial charge in [0.25, 0.3) is 0 Å². The molecule has 206 valence electrons. The van der Waals surface area contributed by atoms with Gasteiger partial charge in [0.1, 0.15) is 5.82 Å².